The van der Waals surface area contributed by atoms with Gasteiger partial charge in [-0.2, -0.15) is 0 Å². The molecule has 2 aromatic heterocycles. The summed E-state index contributed by atoms with van der Waals surface area (Å²) in [7, 11) is 1.62. The number of carbonyl (C=O) groups is 1. The molecule has 2 fully saturated rings. The molecule has 0 saturated carbocycles. The van der Waals surface area contributed by atoms with E-state index in [-0.39, 0.29) is 5.91 Å². The van der Waals surface area contributed by atoms with Crippen molar-refractivity contribution in [2.75, 3.05) is 33.3 Å². The molecular formula is C28H32N4O2. The number of hydrogen-bond acceptors (Lipinski definition) is 4. The van der Waals surface area contributed by atoms with Crippen molar-refractivity contribution in [2.45, 2.75) is 38.1 Å². The zero-order valence-corrected chi connectivity index (χ0v) is 19.8. The maximum absolute atomic E-state index is 12.8. The molecular weight excluding hydrogens is 424 g/mol. The second-order valence-electron chi connectivity index (χ2n) is 10.2. The summed E-state index contributed by atoms with van der Waals surface area (Å²) in [5.41, 5.74) is 6.70. The third-order valence-corrected chi connectivity index (χ3v) is 8.16. The number of aromatic amines is 1. The topological polar surface area (TPSA) is 61.5 Å². The van der Waals surface area contributed by atoms with Crippen molar-refractivity contribution < 1.29 is 9.53 Å². The molecule has 1 aliphatic carbocycles. The predicted molar refractivity (Wildman–Crippen MR) is 132 cm³/mol. The van der Waals surface area contributed by atoms with E-state index in [1.165, 1.54) is 35.2 Å². The number of hydrogen-bond donors (Lipinski definition) is 1. The van der Waals surface area contributed by atoms with Crippen molar-refractivity contribution >= 4 is 5.91 Å². The van der Waals surface area contributed by atoms with Crippen LogP contribution in [0.15, 0.2) is 54.9 Å². The molecule has 3 aliphatic rings. The van der Waals surface area contributed by atoms with Crippen molar-refractivity contribution in [3.63, 3.8) is 0 Å². The van der Waals surface area contributed by atoms with Crippen molar-refractivity contribution in [1.82, 2.24) is 19.8 Å². The van der Waals surface area contributed by atoms with E-state index < -0.39 is 0 Å². The second-order valence-corrected chi connectivity index (χ2v) is 10.2. The maximum atomic E-state index is 12.8. The Morgan fingerprint density at radius 2 is 2.03 bits per heavy atom. The molecule has 6 heteroatoms. The van der Waals surface area contributed by atoms with Gasteiger partial charge in [0.15, 0.2) is 0 Å². The molecule has 1 unspecified atom stereocenters. The van der Waals surface area contributed by atoms with Gasteiger partial charge in [0.05, 0.1) is 19.7 Å². The minimum absolute atomic E-state index is 0.186. The van der Waals surface area contributed by atoms with Crippen LogP contribution in [-0.4, -0.2) is 59.0 Å². The molecule has 0 bridgehead atoms. The number of pyridine rings is 1. The molecule has 2 aliphatic heterocycles. The minimum Gasteiger partial charge on any atom is -0.495 e. The summed E-state index contributed by atoms with van der Waals surface area (Å²) in [4.78, 5) is 25.2. The molecule has 1 N–H and O–H groups in total. The molecule has 4 heterocycles. The zero-order chi connectivity index (χ0) is 23.1. The summed E-state index contributed by atoms with van der Waals surface area (Å²) in [5, 5.41) is 0. The van der Waals surface area contributed by atoms with E-state index in [4.69, 9.17) is 4.74 Å². The monoisotopic (exact) mass is 456 g/mol. The van der Waals surface area contributed by atoms with E-state index >= 15 is 0 Å². The number of nitrogens with zero attached hydrogens (tertiary/aromatic N) is 3. The zero-order valence-electron chi connectivity index (χ0n) is 19.8. The average molecular weight is 457 g/mol. The van der Waals surface area contributed by atoms with Crippen molar-refractivity contribution in [2.24, 2.45) is 5.41 Å². The van der Waals surface area contributed by atoms with Gasteiger partial charge in [-0.15, -0.1) is 0 Å². The van der Waals surface area contributed by atoms with Crippen LogP contribution in [0.5, 0.6) is 5.75 Å². The first-order chi connectivity index (χ1) is 16.6. The van der Waals surface area contributed by atoms with Crippen LogP contribution in [0.2, 0.25) is 0 Å². The Morgan fingerprint density at radius 3 is 2.74 bits per heavy atom. The highest BCUT2D eigenvalue weighted by molar-refractivity contribution is 5.78. The molecule has 1 spiro atoms. The molecule has 1 amide bonds. The highest BCUT2D eigenvalue weighted by Gasteiger charge is 2.48. The SMILES string of the molecule is COc1ccc(CC(=O)N2CCC3(CC2)CN(C2CCc4cc(-c5ccc[nH]5)ccc42)C3)nc1. The van der Waals surface area contributed by atoms with E-state index in [0.29, 0.717) is 17.9 Å². The number of piperidine rings is 1. The summed E-state index contributed by atoms with van der Waals surface area (Å²) in [6.45, 7) is 4.06. The Morgan fingerprint density at radius 1 is 1.18 bits per heavy atom. The molecule has 0 radical (unpaired) electrons. The van der Waals surface area contributed by atoms with Crippen molar-refractivity contribution in [3.05, 3.63) is 71.7 Å². The number of amides is 1. The summed E-state index contributed by atoms with van der Waals surface area (Å²) >= 11 is 0. The fourth-order valence-corrected chi connectivity index (χ4v) is 6.14. The Bertz CT molecular complexity index is 1160. The Labute approximate surface area is 200 Å². The number of carbonyl (C=O) groups excluding carboxylic acids is 1. The summed E-state index contributed by atoms with van der Waals surface area (Å²) in [6.07, 6.45) is 8.64. The van der Waals surface area contributed by atoms with E-state index in [2.05, 4.69) is 45.2 Å². The van der Waals surface area contributed by atoms with E-state index in [9.17, 15) is 4.79 Å². The van der Waals surface area contributed by atoms with E-state index in [1.54, 1.807) is 13.3 Å². The highest BCUT2D eigenvalue weighted by atomic mass is 16.5. The van der Waals surface area contributed by atoms with Gasteiger partial charge in [0.1, 0.15) is 5.75 Å². The first-order valence-electron chi connectivity index (χ1n) is 12.4. The molecule has 6 nitrogen and oxygen atoms in total. The number of methoxy groups -OCH3 is 1. The lowest BCUT2D eigenvalue weighted by molar-refractivity contribution is -0.136. The van der Waals surface area contributed by atoms with Gasteiger partial charge in [0, 0.05) is 49.8 Å². The molecule has 3 aromatic rings. The number of aromatic nitrogens is 2. The minimum atomic E-state index is 0.186. The van der Waals surface area contributed by atoms with E-state index in [0.717, 1.165) is 50.5 Å². The summed E-state index contributed by atoms with van der Waals surface area (Å²) < 4.78 is 5.15. The first kappa shape index (κ1) is 21.4. The van der Waals surface area contributed by atoms with Gasteiger partial charge in [-0.1, -0.05) is 12.1 Å². The Hall–Kier alpha value is -3.12. The van der Waals surface area contributed by atoms with Crippen LogP contribution in [0.3, 0.4) is 0 Å². The van der Waals surface area contributed by atoms with Crippen molar-refractivity contribution in [1.29, 1.82) is 0 Å². The van der Waals surface area contributed by atoms with Crippen LogP contribution < -0.4 is 4.74 Å². The van der Waals surface area contributed by atoms with Crippen LogP contribution in [0.25, 0.3) is 11.3 Å². The van der Waals surface area contributed by atoms with Crippen LogP contribution in [0, 0.1) is 5.41 Å². The van der Waals surface area contributed by atoms with Crippen LogP contribution in [0.1, 0.15) is 42.1 Å². The maximum Gasteiger partial charge on any atom is 0.228 e. The molecule has 176 valence electrons. The van der Waals surface area contributed by atoms with Gasteiger partial charge >= 0.3 is 0 Å². The van der Waals surface area contributed by atoms with Gasteiger partial charge in [-0.25, -0.2) is 0 Å². The lowest BCUT2D eigenvalue weighted by Gasteiger charge is -2.56. The average Bonchev–Trinajstić information content (AvgIpc) is 3.53. The molecule has 6 rings (SSSR count). The molecule has 2 saturated heterocycles. The Kier molecular flexibility index (Phi) is 5.41. The predicted octanol–water partition coefficient (Wildman–Crippen LogP) is 4.24. The fourth-order valence-electron chi connectivity index (χ4n) is 6.14. The lowest BCUT2D eigenvalue weighted by atomic mass is 9.71. The number of rotatable bonds is 5. The number of fused-ring (bicyclic) bond motifs is 1. The molecule has 34 heavy (non-hydrogen) atoms. The number of ether oxygens (including phenoxy) is 1. The van der Waals surface area contributed by atoms with Gasteiger partial charge < -0.3 is 14.6 Å². The summed E-state index contributed by atoms with van der Waals surface area (Å²) in [5.74, 6) is 0.905. The molecule has 1 atom stereocenters. The second kappa shape index (κ2) is 8.58. The molecule has 1 aromatic carbocycles. The first-order valence-corrected chi connectivity index (χ1v) is 12.4. The van der Waals surface area contributed by atoms with Gasteiger partial charge in [0.2, 0.25) is 5.91 Å². The largest absolute Gasteiger partial charge is 0.495 e. The van der Waals surface area contributed by atoms with Crippen LogP contribution >= 0.6 is 0 Å². The lowest BCUT2D eigenvalue weighted by Crippen LogP contribution is -2.61. The number of aryl methyl sites for hydroxylation is 1. The third-order valence-electron chi connectivity index (χ3n) is 8.16. The Balaban J connectivity index is 1.03. The van der Waals surface area contributed by atoms with Gasteiger partial charge in [-0.05, 0) is 78.1 Å². The summed E-state index contributed by atoms with van der Waals surface area (Å²) in [6, 6.07) is 15.5. The smallest absolute Gasteiger partial charge is 0.228 e. The fraction of sp³-hybridized carbons (Fsp3) is 0.429. The number of H-pyrrole nitrogens is 1. The number of likely N-dealkylation sites (tertiary alicyclic amines) is 2. The van der Waals surface area contributed by atoms with Gasteiger partial charge in [-0.3, -0.25) is 14.7 Å². The van der Waals surface area contributed by atoms with E-state index in [1.807, 2.05) is 23.2 Å². The van der Waals surface area contributed by atoms with Crippen LogP contribution in [-0.2, 0) is 17.6 Å². The normalized spacial score (nSPS) is 21.3. The highest BCUT2D eigenvalue weighted by Crippen LogP contribution is 2.48. The van der Waals surface area contributed by atoms with Crippen LogP contribution in [0.4, 0.5) is 0 Å². The number of nitrogens with one attached hydrogen (secondary N) is 1. The van der Waals surface area contributed by atoms with Gasteiger partial charge in [0.25, 0.3) is 0 Å². The third kappa shape index (κ3) is 3.90. The number of benzene rings is 1. The standard InChI is InChI=1S/C28H32N4O2/c1-34-23-7-6-22(30-17-23)16-27(33)31-13-10-28(11-14-31)18-32(19-28)26-9-5-20-15-21(4-8-24(20)26)25-3-2-12-29-25/h2-4,6-8,12,15,17,26,29H,5,9-11,13-14,16,18-19H2,1H3. The quantitative estimate of drug-likeness (QED) is 0.624. The van der Waals surface area contributed by atoms with Crippen molar-refractivity contribution in [3.8, 4) is 17.0 Å².